The van der Waals surface area contributed by atoms with Gasteiger partial charge in [-0.1, -0.05) is 0 Å². The molecule has 10 heavy (non-hydrogen) atoms. The number of carboxylic acid groups (broad SMARTS) is 1. The average Bonchev–Trinajstić information content (AvgIpc) is 1.89. The molecule has 0 rings (SSSR count). The molecule has 0 aromatic heterocycles. The van der Waals surface area contributed by atoms with Crippen molar-refractivity contribution in [3.05, 3.63) is 0 Å². The molecule has 3 nitrogen and oxygen atoms in total. The maximum absolute atomic E-state index is 10.4. The van der Waals surface area contributed by atoms with Gasteiger partial charge in [-0.2, -0.15) is 0 Å². The molecule has 2 N–H and O–H groups in total. The van der Waals surface area contributed by atoms with Gasteiger partial charge in [0.2, 0.25) is 0 Å². The molecular formula is C5H11HgNO2S. The van der Waals surface area contributed by atoms with Crippen molar-refractivity contribution >= 4 is 18.6 Å². The van der Waals surface area contributed by atoms with E-state index >= 15 is 0 Å². The second kappa shape index (κ2) is 6.43. The normalized spacial score (nSPS) is 12.2. The predicted octanol–water partition coefficient (Wildman–Crippen LogP) is 0.395. The monoisotopic (exact) mass is 351 g/mol. The summed E-state index contributed by atoms with van der Waals surface area (Å²) in [6.07, 6.45) is 0. The molecule has 0 aromatic carbocycles. The Labute approximate surface area is 78.8 Å². The molecule has 0 amide bonds. The Hall–Kier alpha value is 0.715. The van der Waals surface area contributed by atoms with Crippen LogP contribution >= 0.6 is 12.6 Å². The molecule has 0 bridgehead atoms. The summed E-state index contributed by atoms with van der Waals surface area (Å²) < 4.78 is 4.23. The summed E-state index contributed by atoms with van der Waals surface area (Å²) in [5.74, 6) is -0.376. The SMILES string of the molecule is C[CH2][Hg][NH][C@@H](CS)C(=O)O. The third kappa shape index (κ3) is 4.52. The van der Waals surface area contributed by atoms with Gasteiger partial charge in [0.1, 0.15) is 0 Å². The molecule has 0 heterocycles. The molecule has 0 saturated carbocycles. The molecule has 0 radical (unpaired) electrons. The van der Waals surface area contributed by atoms with Gasteiger partial charge >= 0.3 is 79.1 Å². The Morgan fingerprint density at radius 3 is 2.80 bits per heavy atom. The summed E-state index contributed by atoms with van der Waals surface area (Å²) in [7, 11) is 0. The first-order valence-corrected chi connectivity index (χ1v) is 10.6. The van der Waals surface area contributed by atoms with E-state index in [2.05, 4.69) is 22.6 Å². The molecular weight excluding hydrogens is 339 g/mol. The van der Waals surface area contributed by atoms with Crippen LogP contribution in [0.4, 0.5) is 0 Å². The fraction of sp³-hybridized carbons (Fsp3) is 0.800. The second-order valence-corrected chi connectivity index (χ2v) is 9.81. The maximum atomic E-state index is 10.4. The third-order valence-electron chi connectivity index (χ3n) is 1.12. The fourth-order valence-electron chi connectivity index (χ4n) is 0.549. The van der Waals surface area contributed by atoms with Crippen LogP contribution in [-0.4, -0.2) is 22.9 Å². The summed E-state index contributed by atoms with van der Waals surface area (Å²) in [5.41, 5.74) is 0. The standard InChI is InChI=1S/C3H6NO2S.C2H5.Hg/c4-2(1-7)3(5)6;1-2;/h2,4,7H,1H2,(H,5,6);1H2,2H3;/q-1;;+1/t2-;;/m0../s1. The molecule has 1 atom stereocenters. The number of nitrogens with one attached hydrogen (secondary N) is 1. The summed E-state index contributed by atoms with van der Waals surface area (Å²) in [6.45, 7) is 2.09. The van der Waals surface area contributed by atoms with Gasteiger partial charge in [-0.05, 0) is 0 Å². The van der Waals surface area contributed by atoms with Crippen LogP contribution in [0.15, 0.2) is 0 Å². The van der Waals surface area contributed by atoms with Crippen molar-refractivity contribution in [3.8, 4) is 0 Å². The van der Waals surface area contributed by atoms with Crippen LogP contribution in [0.1, 0.15) is 6.92 Å². The predicted molar refractivity (Wildman–Crippen MR) is 38.9 cm³/mol. The van der Waals surface area contributed by atoms with Crippen molar-refractivity contribution in [1.82, 2.24) is 3.08 Å². The first kappa shape index (κ1) is 10.7. The van der Waals surface area contributed by atoms with Crippen molar-refractivity contribution in [1.29, 1.82) is 0 Å². The minimum absolute atomic E-state index is 0.398. The quantitative estimate of drug-likeness (QED) is 0.497. The van der Waals surface area contributed by atoms with Crippen LogP contribution < -0.4 is 3.08 Å². The van der Waals surface area contributed by atoms with Gasteiger partial charge in [0.15, 0.2) is 0 Å². The average molecular weight is 350 g/mol. The second-order valence-electron chi connectivity index (χ2n) is 2.03. The zero-order chi connectivity index (χ0) is 7.98. The van der Waals surface area contributed by atoms with Gasteiger partial charge in [-0.25, -0.2) is 0 Å². The number of hydrogen-bond donors (Lipinski definition) is 3. The van der Waals surface area contributed by atoms with Gasteiger partial charge < -0.3 is 0 Å². The molecule has 0 saturated heterocycles. The van der Waals surface area contributed by atoms with Crippen LogP contribution in [0.3, 0.4) is 0 Å². The van der Waals surface area contributed by atoms with Gasteiger partial charge in [0.05, 0.1) is 0 Å². The van der Waals surface area contributed by atoms with Crippen LogP contribution in [-0.2, 0) is 29.7 Å². The van der Waals surface area contributed by atoms with E-state index in [-0.39, 0.29) is 0 Å². The van der Waals surface area contributed by atoms with Crippen molar-refractivity contribution in [3.63, 3.8) is 0 Å². The number of carbonyl (C=O) groups is 1. The number of aliphatic carboxylic acids is 1. The first-order chi connectivity index (χ1) is 4.72. The van der Waals surface area contributed by atoms with E-state index in [1.54, 1.807) is 0 Å². The third-order valence-corrected chi connectivity index (χ3v) is 6.47. The molecule has 0 aliphatic rings. The minimum atomic E-state index is -1.01. The summed E-state index contributed by atoms with van der Waals surface area (Å²) in [5, 5.41) is 8.52. The number of thiol groups is 1. The molecule has 0 aliphatic heterocycles. The summed E-state index contributed by atoms with van der Waals surface area (Å²) in [4.78, 5) is 10.4. The zero-order valence-corrected chi connectivity index (χ0v) is 12.4. The van der Waals surface area contributed by atoms with Gasteiger partial charge in [-0.3, -0.25) is 0 Å². The van der Waals surface area contributed by atoms with Crippen molar-refractivity contribution < 1.29 is 34.8 Å². The van der Waals surface area contributed by atoms with Gasteiger partial charge in [0, 0.05) is 0 Å². The van der Waals surface area contributed by atoms with Crippen LogP contribution in [0, 0.1) is 0 Å². The zero-order valence-electron chi connectivity index (χ0n) is 6.00. The molecule has 56 valence electrons. The van der Waals surface area contributed by atoms with E-state index in [4.69, 9.17) is 5.11 Å². The number of rotatable bonds is 5. The van der Waals surface area contributed by atoms with E-state index in [9.17, 15) is 4.79 Å². The van der Waals surface area contributed by atoms with Crippen LogP contribution in [0.2, 0.25) is 3.93 Å². The van der Waals surface area contributed by atoms with Crippen molar-refractivity contribution in [2.45, 2.75) is 16.9 Å². The Morgan fingerprint density at radius 1 is 1.90 bits per heavy atom. The van der Waals surface area contributed by atoms with Gasteiger partial charge in [0.25, 0.3) is 0 Å². The molecule has 0 aromatic rings. The van der Waals surface area contributed by atoms with Crippen LogP contribution in [0.5, 0.6) is 0 Å². The Balaban J connectivity index is 3.50. The van der Waals surface area contributed by atoms with Crippen molar-refractivity contribution in [2.24, 2.45) is 0 Å². The van der Waals surface area contributed by atoms with E-state index in [0.29, 0.717) is 5.75 Å². The van der Waals surface area contributed by atoms with E-state index in [0.717, 1.165) is 3.93 Å². The Bertz CT molecular complexity index is 112. The summed E-state index contributed by atoms with van der Waals surface area (Å²) in [6, 6.07) is -0.398. The Kier molecular flexibility index (Phi) is 6.89. The fourth-order valence-corrected chi connectivity index (χ4v) is 5.50. The molecule has 0 spiro atoms. The molecule has 0 fully saturated rings. The molecule has 0 unspecified atom stereocenters. The number of carboxylic acids is 1. The van der Waals surface area contributed by atoms with Crippen LogP contribution in [0.25, 0.3) is 0 Å². The topological polar surface area (TPSA) is 49.3 Å². The van der Waals surface area contributed by atoms with Gasteiger partial charge in [-0.15, -0.1) is 0 Å². The Morgan fingerprint density at radius 2 is 2.50 bits per heavy atom. The van der Waals surface area contributed by atoms with Crippen molar-refractivity contribution in [2.75, 3.05) is 5.75 Å². The van der Waals surface area contributed by atoms with E-state index < -0.39 is 36.9 Å². The number of hydrogen-bond acceptors (Lipinski definition) is 3. The van der Waals surface area contributed by atoms with E-state index in [1.165, 1.54) is 0 Å². The first-order valence-electron chi connectivity index (χ1n) is 3.29. The molecule has 0 aliphatic carbocycles. The van der Waals surface area contributed by atoms with E-state index in [1.807, 2.05) is 0 Å². The summed E-state index contributed by atoms with van der Waals surface area (Å²) >= 11 is 2.91. The molecule has 5 heteroatoms.